The van der Waals surface area contributed by atoms with E-state index < -0.39 is 0 Å². The molecule has 1 aliphatic carbocycles. The summed E-state index contributed by atoms with van der Waals surface area (Å²) in [5.41, 5.74) is 1.09. The quantitative estimate of drug-likeness (QED) is 0.751. The predicted molar refractivity (Wildman–Crippen MR) is 83.2 cm³/mol. The molecule has 0 saturated heterocycles. The summed E-state index contributed by atoms with van der Waals surface area (Å²) in [5, 5.41) is 3.75. The second-order valence-corrected chi connectivity index (χ2v) is 6.19. The predicted octanol–water partition coefficient (Wildman–Crippen LogP) is 5.23. The summed E-state index contributed by atoms with van der Waals surface area (Å²) in [6.45, 7) is 4.45. The van der Waals surface area contributed by atoms with E-state index in [0.717, 1.165) is 17.9 Å². The van der Waals surface area contributed by atoms with E-state index in [9.17, 15) is 4.39 Å². The lowest BCUT2D eigenvalue weighted by molar-refractivity contribution is 0.261. The highest BCUT2D eigenvalue weighted by Crippen LogP contribution is 2.29. The number of hydrogen-bond donors (Lipinski definition) is 1. The zero-order valence-corrected chi connectivity index (χ0v) is 12.9. The monoisotopic (exact) mass is 277 g/mol. The highest BCUT2D eigenvalue weighted by Gasteiger charge is 2.22. The maximum atomic E-state index is 13.4. The van der Waals surface area contributed by atoms with Crippen molar-refractivity contribution >= 4 is 0 Å². The molecular formula is C18H28FN. The summed E-state index contributed by atoms with van der Waals surface area (Å²) >= 11 is 0. The summed E-state index contributed by atoms with van der Waals surface area (Å²) in [6.07, 6.45) is 8.96. The minimum absolute atomic E-state index is 0.130. The van der Waals surface area contributed by atoms with Crippen molar-refractivity contribution in [1.82, 2.24) is 5.32 Å². The van der Waals surface area contributed by atoms with Gasteiger partial charge in [-0.25, -0.2) is 4.39 Å². The molecule has 1 saturated carbocycles. The van der Waals surface area contributed by atoms with Gasteiger partial charge in [0.2, 0.25) is 0 Å². The maximum Gasteiger partial charge on any atom is 0.123 e. The average Bonchev–Trinajstić information content (AvgIpc) is 2.47. The summed E-state index contributed by atoms with van der Waals surface area (Å²) < 4.78 is 13.4. The van der Waals surface area contributed by atoms with Crippen molar-refractivity contribution in [3.63, 3.8) is 0 Å². The van der Waals surface area contributed by atoms with Crippen LogP contribution >= 0.6 is 0 Å². The lowest BCUT2D eigenvalue weighted by atomic mass is 9.83. The van der Waals surface area contributed by atoms with Gasteiger partial charge in [0.1, 0.15) is 5.82 Å². The summed E-state index contributed by atoms with van der Waals surface area (Å²) in [4.78, 5) is 0. The lowest BCUT2D eigenvalue weighted by Gasteiger charge is -2.32. The summed E-state index contributed by atoms with van der Waals surface area (Å²) in [6, 6.07) is 7.94. The van der Waals surface area contributed by atoms with Crippen LogP contribution in [0.15, 0.2) is 24.3 Å². The molecule has 0 aliphatic heterocycles. The molecule has 1 atom stereocenters. The molecule has 112 valence electrons. The first-order valence-corrected chi connectivity index (χ1v) is 8.24. The second kappa shape index (κ2) is 7.78. The number of nitrogens with one attached hydrogen (secondary N) is 1. The first-order valence-electron chi connectivity index (χ1n) is 8.24. The Bertz CT molecular complexity index is 396. The normalized spacial score (nSPS) is 24.6. The van der Waals surface area contributed by atoms with Gasteiger partial charge in [0.05, 0.1) is 0 Å². The highest BCUT2D eigenvalue weighted by molar-refractivity contribution is 5.20. The smallest absolute Gasteiger partial charge is 0.123 e. The zero-order valence-electron chi connectivity index (χ0n) is 12.9. The Morgan fingerprint density at radius 1 is 1.20 bits per heavy atom. The van der Waals surface area contributed by atoms with Gasteiger partial charge < -0.3 is 5.32 Å². The number of hydrogen-bond acceptors (Lipinski definition) is 1. The molecule has 1 aliphatic rings. The van der Waals surface area contributed by atoms with Crippen LogP contribution < -0.4 is 5.32 Å². The number of benzene rings is 1. The van der Waals surface area contributed by atoms with Gasteiger partial charge in [-0.2, -0.15) is 0 Å². The van der Waals surface area contributed by atoms with Gasteiger partial charge in [-0.05, 0) is 55.7 Å². The molecule has 1 aromatic carbocycles. The molecule has 0 bridgehead atoms. The van der Waals surface area contributed by atoms with Gasteiger partial charge in [0.25, 0.3) is 0 Å². The highest BCUT2D eigenvalue weighted by atomic mass is 19.1. The Morgan fingerprint density at radius 3 is 2.55 bits per heavy atom. The van der Waals surface area contributed by atoms with Crippen molar-refractivity contribution in [2.45, 2.75) is 70.9 Å². The second-order valence-electron chi connectivity index (χ2n) is 6.19. The van der Waals surface area contributed by atoms with Crippen LogP contribution in [0.1, 0.15) is 70.4 Å². The van der Waals surface area contributed by atoms with E-state index in [1.807, 2.05) is 12.1 Å². The van der Waals surface area contributed by atoms with Crippen molar-refractivity contribution in [3.8, 4) is 0 Å². The molecule has 2 heteroatoms. The van der Waals surface area contributed by atoms with Crippen LogP contribution in [0, 0.1) is 11.7 Å². The largest absolute Gasteiger partial charge is 0.307 e. The van der Waals surface area contributed by atoms with Gasteiger partial charge in [0.15, 0.2) is 0 Å². The Balaban J connectivity index is 1.88. The molecule has 20 heavy (non-hydrogen) atoms. The van der Waals surface area contributed by atoms with Crippen LogP contribution in [0.2, 0.25) is 0 Å². The summed E-state index contributed by atoms with van der Waals surface area (Å²) in [5.74, 6) is 0.807. The van der Waals surface area contributed by atoms with Crippen molar-refractivity contribution in [2.24, 2.45) is 5.92 Å². The van der Waals surface area contributed by atoms with Gasteiger partial charge >= 0.3 is 0 Å². The minimum atomic E-state index is -0.130. The van der Waals surface area contributed by atoms with Crippen LogP contribution in [-0.2, 0) is 0 Å². The van der Waals surface area contributed by atoms with Crippen molar-refractivity contribution in [2.75, 3.05) is 0 Å². The average molecular weight is 277 g/mol. The van der Waals surface area contributed by atoms with Crippen LogP contribution in [0.3, 0.4) is 0 Å². The molecule has 0 radical (unpaired) electrons. The standard InChI is InChI=1S/C18H28FN/c1-3-6-14-9-11-17(12-10-14)20-18(4-2)15-7-5-8-16(19)13-15/h5,7-8,13-14,17-18,20H,3-4,6,9-12H2,1-2H3. The SMILES string of the molecule is CCCC1CCC(NC(CC)c2cccc(F)c2)CC1. The lowest BCUT2D eigenvalue weighted by Crippen LogP contribution is -2.35. The molecule has 0 spiro atoms. The fourth-order valence-electron chi connectivity index (χ4n) is 3.48. The van der Waals surface area contributed by atoms with Gasteiger partial charge in [-0.15, -0.1) is 0 Å². The third-order valence-corrected chi connectivity index (χ3v) is 4.64. The Kier molecular flexibility index (Phi) is 6.03. The minimum Gasteiger partial charge on any atom is -0.307 e. The third kappa shape index (κ3) is 4.31. The van der Waals surface area contributed by atoms with E-state index in [1.165, 1.54) is 44.6 Å². The van der Waals surface area contributed by atoms with E-state index >= 15 is 0 Å². The molecule has 1 unspecified atom stereocenters. The molecular weight excluding hydrogens is 249 g/mol. The van der Waals surface area contributed by atoms with E-state index in [2.05, 4.69) is 19.2 Å². The molecule has 2 rings (SSSR count). The van der Waals surface area contributed by atoms with E-state index in [1.54, 1.807) is 6.07 Å². The molecule has 1 fully saturated rings. The van der Waals surface area contributed by atoms with Crippen molar-refractivity contribution < 1.29 is 4.39 Å². The van der Waals surface area contributed by atoms with Crippen molar-refractivity contribution in [1.29, 1.82) is 0 Å². The van der Waals surface area contributed by atoms with Gasteiger partial charge in [0, 0.05) is 12.1 Å². The summed E-state index contributed by atoms with van der Waals surface area (Å²) in [7, 11) is 0. The fraction of sp³-hybridized carbons (Fsp3) is 0.667. The van der Waals surface area contributed by atoms with Crippen LogP contribution in [-0.4, -0.2) is 6.04 Å². The van der Waals surface area contributed by atoms with Crippen LogP contribution in [0.4, 0.5) is 4.39 Å². The molecule has 1 N–H and O–H groups in total. The molecule has 0 aromatic heterocycles. The maximum absolute atomic E-state index is 13.4. The molecule has 0 amide bonds. The first-order chi connectivity index (χ1) is 9.72. The Morgan fingerprint density at radius 2 is 1.95 bits per heavy atom. The van der Waals surface area contributed by atoms with Crippen LogP contribution in [0.25, 0.3) is 0 Å². The van der Waals surface area contributed by atoms with E-state index in [4.69, 9.17) is 0 Å². The number of halogens is 1. The van der Waals surface area contributed by atoms with Crippen LogP contribution in [0.5, 0.6) is 0 Å². The third-order valence-electron chi connectivity index (χ3n) is 4.64. The van der Waals surface area contributed by atoms with Crippen molar-refractivity contribution in [3.05, 3.63) is 35.6 Å². The van der Waals surface area contributed by atoms with Gasteiger partial charge in [-0.1, -0.05) is 38.8 Å². The fourth-order valence-corrected chi connectivity index (χ4v) is 3.48. The molecule has 1 nitrogen and oxygen atoms in total. The Labute approximate surface area is 123 Å². The first kappa shape index (κ1) is 15.5. The topological polar surface area (TPSA) is 12.0 Å². The zero-order chi connectivity index (χ0) is 14.4. The number of rotatable bonds is 6. The molecule has 0 heterocycles. The molecule has 1 aromatic rings. The van der Waals surface area contributed by atoms with Gasteiger partial charge in [-0.3, -0.25) is 0 Å². The Hall–Kier alpha value is -0.890. The van der Waals surface area contributed by atoms with E-state index in [0.29, 0.717) is 12.1 Å². The van der Waals surface area contributed by atoms with E-state index in [-0.39, 0.29) is 5.82 Å².